The summed E-state index contributed by atoms with van der Waals surface area (Å²) >= 11 is 2.19. The predicted octanol–water partition coefficient (Wildman–Crippen LogP) is 4.59. The molecule has 0 aliphatic heterocycles. The van der Waals surface area contributed by atoms with Crippen LogP contribution >= 0.6 is 30.2 Å². The van der Waals surface area contributed by atoms with Crippen molar-refractivity contribution in [3.05, 3.63) is 0 Å². The summed E-state index contributed by atoms with van der Waals surface area (Å²) in [4.78, 5) is 0. The van der Waals surface area contributed by atoms with Crippen molar-refractivity contribution in [1.82, 2.24) is 0 Å². The molecule has 0 bridgehead atoms. The van der Waals surface area contributed by atoms with Crippen LogP contribution in [0.4, 0.5) is 0 Å². The second-order valence-electron chi connectivity index (χ2n) is 3.31. The molecule has 0 heterocycles. The van der Waals surface area contributed by atoms with Gasteiger partial charge in [-0.3, -0.25) is 4.57 Å². The highest BCUT2D eigenvalue weighted by Crippen LogP contribution is 2.57. The molecule has 0 saturated carbocycles. The quantitative estimate of drug-likeness (QED) is 0.265. The molecule has 0 saturated heterocycles. The maximum absolute atomic E-state index is 12.3. The van der Waals surface area contributed by atoms with Gasteiger partial charge in [0.1, 0.15) is 3.67 Å². The normalized spacial score (nSPS) is 14.1. The van der Waals surface area contributed by atoms with Gasteiger partial charge in [-0.05, 0) is 20.3 Å². The minimum absolute atomic E-state index is 0.0125. The lowest BCUT2D eigenvalue weighted by Gasteiger charge is -2.21. The van der Waals surface area contributed by atoms with Crippen molar-refractivity contribution >= 4 is 30.2 Å². The average molecular weight is 348 g/mol. The zero-order valence-electron chi connectivity index (χ0n) is 9.87. The van der Waals surface area contributed by atoms with Crippen molar-refractivity contribution in [2.45, 2.75) is 50.1 Å². The molecule has 5 heteroatoms. The van der Waals surface area contributed by atoms with Crippen LogP contribution in [0.25, 0.3) is 0 Å². The summed E-state index contributed by atoms with van der Waals surface area (Å²) in [7, 11) is -2.86. The van der Waals surface area contributed by atoms with Crippen molar-refractivity contribution in [2.24, 2.45) is 0 Å². The van der Waals surface area contributed by atoms with Gasteiger partial charge in [0.25, 0.3) is 0 Å². The molecule has 0 aliphatic rings. The van der Waals surface area contributed by atoms with E-state index in [1.54, 1.807) is 0 Å². The Balaban J connectivity index is 4.15. The Bertz CT molecular complexity index is 189. The third-order valence-corrected chi connectivity index (χ3v) is 6.86. The van der Waals surface area contributed by atoms with Crippen molar-refractivity contribution < 1.29 is 13.6 Å². The van der Waals surface area contributed by atoms with Crippen LogP contribution < -0.4 is 0 Å². The second-order valence-corrected chi connectivity index (χ2v) is 8.01. The van der Waals surface area contributed by atoms with Crippen molar-refractivity contribution in [3.8, 4) is 0 Å². The summed E-state index contributed by atoms with van der Waals surface area (Å²) in [5, 5.41) is 0. The molecular formula is C10H22IO3P. The van der Waals surface area contributed by atoms with Crippen LogP contribution in [0.2, 0.25) is 0 Å². The van der Waals surface area contributed by atoms with Gasteiger partial charge in [0.15, 0.2) is 0 Å². The van der Waals surface area contributed by atoms with Gasteiger partial charge in [-0.1, -0.05) is 48.8 Å². The molecule has 0 N–H and O–H groups in total. The lowest BCUT2D eigenvalue weighted by molar-refractivity contribution is 0.218. The van der Waals surface area contributed by atoms with Crippen LogP contribution in [0, 0.1) is 0 Å². The molecule has 0 amide bonds. The first-order valence-electron chi connectivity index (χ1n) is 5.63. The van der Waals surface area contributed by atoms with E-state index in [1.807, 2.05) is 13.8 Å². The van der Waals surface area contributed by atoms with Crippen LogP contribution in [0.1, 0.15) is 46.5 Å². The summed E-state index contributed by atoms with van der Waals surface area (Å²) in [6, 6.07) is 0. The van der Waals surface area contributed by atoms with E-state index in [2.05, 4.69) is 29.5 Å². The largest absolute Gasteiger partial charge is 0.343 e. The summed E-state index contributed by atoms with van der Waals surface area (Å²) in [6.45, 7) is 6.75. The maximum Gasteiger partial charge on any atom is 0.343 e. The number of halogens is 1. The molecule has 15 heavy (non-hydrogen) atoms. The number of alkyl halides is 1. The third kappa shape index (κ3) is 6.25. The molecule has 0 rings (SSSR count). The van der Waals surface area contributed by atoms with Gasteiger partial charge in [0.05, 0.1) is 13.2 Å². The third-order valence-electron chi connectivity index (χ3n) is 2.01. The molecule has 1 atom stereocenters. The fourth-order valence-electron chi connectivity index (χ4n) is 1.28. The molecule has 0 fully saturated rings. The topological polar surface area (TPSA) is 35.5 Å². The van der Waals surface area contributed by atoms with Gasteiger partial charge >= 0.3 is 7.60 Å². The van der Waals surface area contributed by atoms with Gasteiger partial charge in [0.2, 0.25) is 0 Å². The first kappa shape index (κ1) is 15.9. The predicted molar refractivity (Wildman–Crippen MR) is 72.8 cm³/mol. The monoisotopic (exact) mass is 348 g/mol. The summed E-state index contributed by atoms with van der Waals surface area (Å²) < 4.78 is 22.8. The Kier molecular flexibility index (Phi) is 9.49. The number of hydrogen-bond acceptors (Lipinski definition) is 3. The molecule has 1 unspecified atom stereocenters. The molecule has 0 aliphatic carbocycles. The number of unbranched alkanes of at least 4 members (excludes halogenated alkanes) is 2. The van der Waals surface area contributed by atoms with Gasteiger partial charge < -0.3 is 9.05 Å². The number of rotatable bonds is 9. The van der Waals surface area contributed by atoms with E-state index < -0.39 is 7.60 Å². The van der Waals surface area contributed by atoms with Gasteiger partial charge in [-0.15, -0.1) is 0 Å². The molecule has 0 aromatic carbocycles. The van der Waals surface area contributed by atoms with Crippen LogP contribution in [0.5, 0.6) is 0 Å². The highest BCUT2D eigenvalue weighted by Gasteiger charge is 2.32. The van der Waals surface area contributed by atoms with E-state index in [-0.39, 0.29) is 3.67 Å². The van der Waals surface area contributed by atoms with Crippen LogP contribution in [-0.2, 0) is 13.6 Å². The van der Waals surface area contributed by atoms with Crippen molar-refractivity contribution in [3.63, 3.8) is 0 Å². The van der Waals surface area contributed by atoms with Crippen LogP contribution in [0.3, 0.4) is 0 Å². The van der Waals surface area contributed by atoms with E-state index in [0.717, 1.165) is 12.8 Å². The summed E-state index contributed by atoms with van der Waals surface area (Å²) in [5.41, 5.74) is 0. The van der Waals surface area contributed by atoms with E-state index in [4.69, 9.17) is 9.05 Å². The Morgan fingerprint density at radius 1 is 1.13 bits per heavy atom. The van der Waals surface area contributed by atoms with Crippen molar-refractivity contribution in [2.75, 3.05) is 13.2 Å². The Hall–Kier alpha value is 0.880. The fourth-order valence-corrected chi connectivity index (χ4v) is 4.30. The van der Waals surface area contributed by atoms with Crippen LogP contribution in [-0.4, -0.2) is 16.9 Å². The highest BCUT2D eigenvalue weighted by molar-refractivity contribution is 14.1. The van der Waals surface area contributed by atoms with E-state index in [9.17, 15) is 4.57 Å². The van der Waals surface area contributed by atoms with E-state index >= 15 is 0 Å². The van der Waals surface area contributed by atoms with Gasteiger partial charge in [-0.25, -0.2) is 0 Å². The summed E-state index contributed by atoms with van der Waals surface area (Å²) in [5.74, 6) is 0. The fraction of sp³-hybridized carbons (Fsp3) is 1.00. The molecule has 0 aromatic rings. The zero-order valence-corrected chi connectivity index (χ0v) is 12.9. The molecule has 0 spiro atoms. The second kappa shape index (κ2) is 8.97. The average Bonchev–Trinajstić information content (AvgIpc) is 2.18. The Morgan fingerprint density at radius 3 is 2.07 bits per heavy atom. The highest BCUT2D eigenvalue weighted by atomic mass is 127. The molecule has 3 nitrogen and oxygen atoms in total. The minimum Gasteiger partial charge on any atom is -0.308 e. The lowest BCUT2D eigenvalue weighted by atomic mass is 10.2. The molecule has 0 aromatic heterocycles. The van der Waals surface area contributed by atoms with Gasteiger partial charge in [-0.2, -0.15) is 0 Å². The van der Waals surface area contributed by atoms with Crippen LogP contribution in [0.15, 0.2) is 0 Å². The standard InChI is InChI=1S/C10H22IO3P/c1-4-7-8-9-10(11)15(12,13-5-2)14-6-3/h10H,4-9H2,1-3H3. The molecule has 92 valence electrons. The smallest absolute Gasteiger partial charge is 0.308 e. The molecule has 0 radical (unpaired) electrons. The Labute approximate surface area is 107 Å². The maximum atomic E-state index is 12.3. The summed E-state index contributed by atoms with van der Waals surface area (Å²) in [6.07, 6.45) is 4.36. The SMILES string of the molecule is CCCCCC(I)P(=O)(OCC)OCC. The lowest BCUT2D eigenvalue weighted by Crippen LogP contribution is -2.07. The molecular weight excluding hydrogens is 326 g/mol. The van der Waals surface area contributed by atoms with E-state index in [1.165, 1.54) is 12.8 Å². The minimum atomic E-state index is -2.86. The first-order valence-corrected chi connectivity index (χ1v) is 8.49. The Morgan fingerprint density at radius 2 is 1.67 bits per heavy atom. The van der Waals surface area contributed by atoms with Crippen molar-refractivity contribution in [1.29, 1.82) is 0 Å². The zero-order chi connectivity index (χ0) is 11.7. The van der Waals surface area contributed by atoms with E-state index in [0.29, 0.717) is 13.2 Å². The first-order chi connectivity index (χ1) is 7.10. The van der Waals surface area contributed by atoms with Gasteiger partial charge in [0, 0.05) is 0 Å². The number of hydrogen-bond donors (Lipinski definition) is 0.